The summed E-state index contributed by atoms with van der Waals surface area (Å²) in [6, 6.07) is 3.25. The first-order valence-electron chi connectivity index (χ1n) is 6.48. The van der Waals surface area contributed by atoms with Crippen molar-refractivity contribution in [2.75, 3.05) is 10.6 Å². The van der Waals surface area contributed by atoms with Crippen molar-refractivity contribution in [3.63, 3.8) is 0 Å². The van der Waals surface area contributed by atoms with Crippen LogP contribution in [0.3, 0.4) is 0 Å². The van der Waals surface area contributed by atoms with Gasteiger partial charge in [-0.1, -0.05) is 20.3 Å². The molecule has 0 spiro atoms. The second-order valence-corrected chi connectivity index (χ2v) is 4.78. The van der Waals surface area contributed by atoms with Gasteiger partial charge in [0.05, 0.1) is 11.7 Å². The summed E-state index contributed by atoms with van der Waals surface area (Å²) in [6.07, 6.45) is 0.753. The zero-order valence-electron chi connectivity index (χ0n) is 11.9. The number of nitrogens with one attached hydrogen (secondary N) is 2. The van der Waals surface area contributed by atoms with Gasteiger partial charge in [0.2, 0.25) is 11.8 Å². The number of amides is 2. The maximum atomic E-state index is 13.6. The molecule has 0 radical (unpaired) electrons. The van der Waals surface area contributed by atoms with Gasteiger partial charge >= 0.3 is 0 Å². The average Bonchev–Trinajstić information content (AvgIpc) is 2.40. The van der Waals surface area contributed by atoms with Crippen molar-refractivity contribution in [1.29, 1.82) is 0 Å². The lowest BCUT2D eigenvalue weighted by molar-refractivity contribution is -0.118. The fourth-order valence-electron chi connectivity index (χ4n) is 1.63. The fraction of sp³-hybridized carbons (Fsp3) is 0.429. The Morgan fingerprint density at radius 2 is 2.00 bits per heavy atom. The molecule has 0 aromatic heterocycles. The molecule has 0 unspecified atom stereocenters. The second-order valence-electron chi connectivity index (χ2n) is 4.78. The normalized spacial score (nSPS) is 13.4. The van der Waals surface area contributed by atoms with E-state index in [0.29, 0.717) is 5.69 Å². The summed E-state index contributed by atoms with van der Waals surface area (Å²) in [7, 11) is 0. The van der Waals surface area contributed by atoms with Gasteiger partial charge < -0.3 is 16.4 Å². The van der Waals surface area contributed by atoms with E-state index in [1.807, 2.05) is 13.8 Å². The van der Waals surface area contributed by atoms with Gasteiger partial charge in [0, 0.05) is 12.6 Å². The predicted octanol–water partition coefficient (Wildman–Crippen LogP) is 2.10. The van der Waals surface area contributed by atoms with Crippen molar-refractivity contribution in [1.82, 2.24) is 0 Å². The number of nitrogens with two attached hydrogens (primary N) is 1. The molecule has 0 aliphatic heterocycles. The summed E-state index contributed by atoms with van der Waals surface area (Å²) in [5.74, 6) is -1.30. The molecule has 0 bridgehead atoms. The maximum Gasteiger partial charge on any atom is 0.241 e. The third kappa shape index (κ3) is 4.31. The molecule has 2 amide bonds. The van der Waals surface area contributed by atoms with Crippen LogP contribution in [0.4, 0.5) is 15.8 Å². The van der Waals surface area contributed by atoms with E-state index in [4.69, 9.17) is 5.73 Å². The molecule has 0 aliphatic carbocycles. The predicted molar refractivity (Wildman–Crippen MR) is 76.8 cm³/mol. The zero-order valence-corrected chi connectivity index (χ0v) is 11.9. The summed E-state index contributed by atoms with van der Waals surface area (Å²) in [4.78, 5) is 22.9. The third-order valence-corrected chi connectivity index (χ3v) is 3.10. The minimum atomic E-state index is -0.705. The highest BCUT2D eigenvalue weighted by Gasteiger charge is 2.20. The Hall–Kier alpha value is -1.95. The third-order valence-electron chi connectivity index (χ3n) is 3.10. The molecule has 1 rings (SSSR count). The van der Waals surface area contributed by atoms with E-state index < -0.39 is 17.8 Å². The van der Waals surface area contributed by atoms with Crippen LogP contribution in [0.1, 0.15) is 27.2 Å². The van der Waals surface area contributed by atoms with Gasteiger partial charge in [0.15, 0.2) is 0 Å². The fourth-order valence-corrected chi connectivity index (χ4v) is 1.63. The highest BCUT2D eigenvalue weighted by atomic mass is 19.1. The average molecular weight is 281 g/mol. The molecule has 1 aromatic rings. The number of benzene rings is 1. The lowest BCUT2D eigenvalue weighted by Gasteiger charge is -2.18. The molecule has 0 saturated heterocycles. The number of hydrogen-bond acceptors (Lipinski definition) is 3. The smallest absolute Gasteiger partial charge is 0.241 e. The molecular weight excluding hydrogens is 261 g/mol. The Labute approximate surface area is 117 Å². The number of rotatable bonds is 5. The molecule has 6 heteroatoms. The van der Waals surface area contributed by atoms with Crippen LogP contribution in [-0.4, -0.2) is 17.9 Å². The number of hydrogen-bond donors (Lipinski definition) is 3. The van der Waals surface area contributed by atoms with E-state index in [2.05, 4.69) is 10.6 Å². The van der Waals surface area contributed by atoms with Crippen LogP contribution < -0.4 is 16.4 Å². The Balaban J connectivity index is 2.85. The van der Waals surface area contributed by atoms with Gasteiger partial charge in [-0.3, -0.25) is 9.59 Å². The van der Waals surface area contributed by atoms with Crippen LogP contribution in [0.2, 0.25) is 0 Å². The number of carbonyl (C=O) groups is 2. The molecule has 20 heavy (non-hydrogen) atoms. The highest BCUT2D eigenvalue weighted by Crippen LogP contribution is 2.20. The monoisotopic (exact) mass is 281 g/mol. The Morgan fingerprint density at radius 3 is 2.55 bits per heavy atom. The molecule has 110 valence electrons. The van der Waals surface area contributed by atoms with Crippen molar-refractivity contribution in [2.24, 2.45) is 11.7 Å². The van der Waals surface area contributed by atoms with E-state index in [-0.39, 0.29) is 17.5 Å². The SMILES string of the molecule is CC[C@H](C)[C@H](N)C(=O)Nc1cc(NC(C)=O)ccc1F. The van der Waals surface area contributed by atoms with Crippen molar-refractivity contribution in [3.05, 3.63) is 24.0 Å². The van der Waals surface area contributed by atoms with Crippen LogP contribution >= 0.6 is 0 Å². The van der Waals surface area contributed by atoms with E-state index in [9.17, 15) is 14.0 Å². The number of carbonyl (C=O) groups excluding carboxylic acids is 2. The van der Waals surface area contributed by atoms with Crippen LogP contribution in [-0.2, 0) is 9.59 Å². The minimum Gasteiger partial charge on any atom is -0.326 e. The molecule has 4 N–H and O–H groups in total. The zero-order chi connectivity index (χ0) is 15.3. The largest absolute Gasteiger partial charge is 0.326 e. The van der Waals surface area contributed by atoms with Crippen LogP contribution in [0.25, 0.3) is 0 Å². The van der Waals surface area contributed by atoms with E-state index in [0.717, 1.165) is 6.42 Å². The molecule has 1 aromatic carbocycles. The van der Waals surface area contributed by atoms with Crippen molar-refractivity contribution in [2.45, 2.75) is 33.2 Å². The molecular formula is C14H20FN3O2. The van der Waals surface area contributed by atoms with E-state index in [1.54, 1.807) is 0 Å². The summed E-state index contributed by atoms with van der Waals surface area (Å²) >= 11 is 0. The lowest BCUT2D eigenvalue weighted by Crippen LogP contribution is -2.40. The summed E-state index contributed by atoms with van der Waals surface area (Å²) in [5, 5.41) is 4.97. The van der Waals surface area contributed by atoms with E-state index in [1.165, 1.54) is 25.1 Å². The Bertz CT molecular complexity index is 505. The number of halogens is 1. The summed E-state index contributed by atoms with van der Waals surface area (Å²) in [5.41, 5.74) is 6.19. The molecule has 2 atom stereocenters. The second kappa shape index (κ2) is 7.00. The molecule has 5 nitrogen and oxygen atoms in total. The van der Waals surface area contributed by atoms with Gasteiger partial charge in [-0.05, 0) is 24.1 Å². The van der Waals surface area contributed by atoms with Gasteiger partial charge in [0.25, 0.3) is 0 Å². The van der Waals surface area contributed by atoms with Gasteiger partial charge in [0.1, 0.15) is 5.82 Å². The van der Waals surface area contributed by atoms with Crippen LogP contribution in [0.5, 0.6) is 0 Å². The first-order chi connectivity index (χ1) is 9.35. The quantitative estimate of drug-likeness (QED) is 0.772. The van der Waals surface area contributed by atoms with Gasteiger partial charge in [-0.15, -0.1) is 0 Å². The van der Waals surface area contributed by atoms with Crippen LogP contribution in [0.15, 0.2) is 18.2 Å². The summed E-state index contributed by atoms with van der Waals surface area (Å²) < 4.78 is 13.6. The van der Waals surface area contributed by atoms with Crippen molar-refractivity contribution in [3.8, 4) is 0 Å². The molecule has 0 heterocycles. The standard InChI is InChI=1S/C14H20FN3O2/c1-4-8(2)13(16)14(20)18-12-7-10(17-9(3)19)5-6-11(12)15/h5-8,13H,4,16H2,1-3H3,(H,17,19)(H,18,20)/t8-,13-/m0/s1. The van der Waals surface area contributed by atoms with Gasteiger partial charge in [-0.25, -0.2) is 4.39 Å². The molecule has 0 aliphatic rings. The first-order valence-corrected chi connectivity index (χ1v) is 6.48. The topological polar surface area (TPSA) is 84.2 Å². The number of anilines is 2. The van der Waals surface area contributed by atoms with E-state index >= 15 is 0 Å². The maximum absolute atomic E-state index is 13.6. The molecule has 0 saturated carbocycles. The van der Waals surface area contributed by atoms with Gasteiger partial charge in [-0.2, -0.15) is 0 Å². The molecule has 0 fully saturated rings. The lowest BCUT2D eigenvalue weighted by atomic mass is 9.99. The Kier molecular flexibility index (Phi) is 5.64. The summed E-state index contributed by atoms with van der Waals surface area (Å²) in [6.45, 7) is 5.13. The Morgan fingerprint density at radius 1 is 1.35 bits per heavy atom. The van der Waals surface area contributed by atoms with Crippen molar-refractivity contribution < 1.29 is 14.0 Å². The first kappa shape index (κ1) is 16.1. The van der Waals surface area contributed by atoms with Crippen LogP contribution in [0, 0.1) is 11.7 Å². The van der Waals surface area contributed by atoms with Crippen molar-refractivity contribution >= 4 is 23.2 Å². The minimum absolute atomic E-state index is 0.00000283. The highest BCUT2D eigenvalue weighted by molar-refractivity contribution is 5.96.